The molecule has 1 saturated heterocycles. The molecule has 0 saturated carbocycles. The predicted molar refractivity (Wildman–Crippen MR) is 424 cm³/mol. The van der Waals surface area contributed by atoms with Gasteiger partial charge in [-0.3, -0.25) is 33.4 Å². The van der Waals surface area contributed by atoms with Crippen LogP contribution in [0.2, 0.25) is 0 Å². The van der Waals surface area contributed by atoms with Crippen LogP contribution in [0.25, 0.3) is 101 Å². The van der Waals surface area contributed by atoms with Gasteiger partial charge in [-0.25, -0.2) is 0 Å². The summed E-state index contributed by atoms with van der Waals surface area (Å²) in [4.78, 5) is 13.6. The molecule has 3 aromatic heterocycles. The minimum Gasteiger partial charge on any atom is -0.399 e. The van der Waals surface area contributed by atoms with Crippen LogP contribution in [-0.2, 0) is 18.4 Å². The van der Waals surface area contributed by atoms with Crippen LogP contribution in [0.1, 0.15) is 27.7 Å². The smallest absolute Gasteiger partial charge is 0.399 e. The maximum Gasteiger partial charge on any atom is 0.494 e. The van der Waals surface area contributed by atoms with Crippen molar-refractivity contribution in [1.29, 1.82) is 0 Å². The fourth-order valence-electron chi connectivity index (χ4n) is 14.6. The zero-order chi connectivity index (χ0) is 68.8. The zero-order valence-corrected chi connectivity index (χ0v) is 60.6. The highest BCUT2D eigenvalue weighted by molar-refractivity contribution is 9.10. The number of aromatic nitrogens is 3. The molecular weight excluding hydrogens is 1410 g/mol. The van der Waals surface area contributed by atoms with Crippen molar-refractivity contribution in [2.45, 2.75) is 38.9 Å². The van der Waals surface area contributed by atoms with Crippen molar-refractivity contribution in [2.24, 2.45) is 0 Å². The second-order valence-corrected chi connectivity index (χ2v) is 33.5. The standard InChI is InChI=1S/C46H30N3OP.C24H14Br2NOP.C17H20BNO2/c50-51-45-19-3-1-15-37(45)39-29-33(31-11-9-13-35(27-31)41-17-5-7-25-47-41)21-23-43(39)49(51)44-24-22-34(30-40(44)38-16-2-4-20-46(38)51)32-12-10-14-36(28-32)42-18-6-8-26-48-42;25-15-9-11-21-19(13-15)17-5-1-3-7-23(17)29(28)24-8-4-2-6-18(24)20-14-16(26)10-12-22(20)27(21)29;1-16(2)17(3,4)21-18(20-16)14-9-7-8-13(12-14)15-10-5-6-11-19-15/h1-30H;1-14H;5-12H,1-4H3. The van der Waals surface area contributed by atoms with Crippen LogP contribution in [-0.4, -0.2) is 33.3 Å². The van der Waals surface area contributed by atoms with Gasteiger partial charge in [-0.15, -0.1) is 0 Å². The lowest BCUT2D eigenvalue weighted by Gasteiger charge is -2.44. The summed E-state index contributed by atoms with van der Waals surface area (Å²) in [6.07, 6.45) is 5.46. The molecule has 5 aliphatic heterocycles. The van der Waals surface area contributed by atoms with Crippen LogP contribution in [0.5, 0.6) is 0 Å². The summed E-state index contributed by atoms with van der Waals surface area (Å²) in [6, 6.07) is 101. The molecule has 5 aliphatic rings. The molecule has 0 spiro atoms. The number of hydrogen-bond acceptors (Lipinski definition) is 7. The molecule has 101 heavy (non-hydrogen) atoms. The van der Waals surface area contributed by atoms with Gasteiger partial charge in [-0.05, 0) is 217 Å². The molecule has 14 aromatic rings. The quantitative estimate of drug-likeness (QED) is 0.119. The Kier molecular flexibility index (Phi) is 16.2. The Bertz CT molecular complexity index is 5420. The number of halogens is 2. The van der Waals surface area contributed by atoms with Crippen LogP contribution in [0.4, 0.5) is 22.7 Å². The van der Waals surface area contributed by atoms with E-state index in [1.807, 2.05) is 152 Å². The van der Waals surface area contributed by atoms with Crippen molar-refractivity contribution in [1.82, 2.24) is 15.0 Å². The third-order valence-corrected chi connectivity index (χ3v) is 27.3. The van der Waals surface area contributed by atoms with Gasteiger partial charge >= 0.3 is 7.12 Å². The number of benzene rings is 11. The molecule has 0 amide bonds. The number of fused-ring (bicyclic) bond motifs is 22. The lowest BCUT2D eigenvalue weighted by Crippen LogP contribution is -2.41. The van der Waals surface area contributed by atoms with Crippen molar-refractivity contribution < 1.29 is 18.4 Å². The van der Waals surface area contributed by atoms with Crippen molar-refractivity contribution in [2.75, 3.05) is 9.34 Å². The molecule has 14 heteroatoms. The van der Waals surface area contributed by atoms with Crippen molar-refractivity contribution >= 4 is 103 Å². The molecule has 8 heterocycles. The molecule has 9 nitrogen and oxygen atoms in total. The second-order valence-electron chi connectivity index (χ2n) is 26.7. The van der Waals surface area contributed by atoms with Crippen molar-refractivity contribution in [3.05, 3.63) is 325 Å². The topological polar surface area (TPSA) is 97.7 Å². The number of anilines is 4. The van der Waals surface area contributed by atoms with Gasteiger partial charge < -0.3 is 9.31 Å². The molecule has 19 rings (SSSR count). The van der Waals surface area contributed by atoms with E-state index >= 15 is 9.13 Å². The Labute approximate surface area is 605 Å². The van der Waals surface area contributed by atoms with E-state index < -0.39 is 14.6 Å². The summed E-state index contributed by atoms with van der Waals surface area (Å²) in [7, 11) is -6.74. The van der Waals surface area contributed by atoms with Crippen LogP contribution in [0.3, 0.4) is 0 Å². The minimum atomic E-state index is -3.32. The summed E-state index contributed by atoms with van der Waals surface area (Å²) in [5, 5.41) is 3.52. The first-order chi connectivity index (χ1) is 49.1. The Hall–Kier alpha value is -10.1. The van der Waals surface area contributed by atoms with Gasteiger partial charge in [0.15, 0.2) is 0 Å². The molecule has 0 unspecified atom stereocenters. The largest absolute Gasteiger partial charge is 0.494 e. The summed E-state index contributed by atoms with van der Waals surface area (Å²) < 4.78 is 49.5. The highest BCUT2D eigenvalue weighted by Gasteiger charge is 2.53. The summed E-state index contributed by atoms with van der Waals surface area (Å²) >= 11 is 7.23. The fraction of sp³-hybridized carbons (Fsp3) is 0.0690. The van der Waals surface area contributed by atoms with E-state index in [-0.39, 0.29) is 18.3 Å². The molecular formula is C87H64BBr2N5O4P2. The molecule has 0 bridgehead atoms. The average molecular weight is 1480 g/mol. The molecule has 11 aromatic carbocycles. The number of hydrogen-bond donors (Lipinski definition) is 0. The summed E-state index contributed by atoms with van der Waals surface area (Å²) in [6.45, 7) is 8.26. The Morgan fingerprint density at radius 3 is 0.980 bits per heavy atom. The lowest BCUT2D eigenvalue weighted by atomic mass is 9.78. The van der Waals surface area contributed by atoms with Gasteiger partial charge in [0, 0.05) is 82.1 Å². The fourth-order valence-corrected chi connectivity index (χ4v) is 21.9. The number of nitrogens with zero attached hydrogens (tertiary/aromatic N) is 5. The maximum atomic E-state index is 16.0. The average Bonchev–Trinajstić information content (AvgIpc) is 1.30. The number of pyridine rings is 3. The van der Waals surface area contributed by atoms with E-state index in [4.69, 9.17) is 9.31 Å². The van der Waals surface area contributed by atoms with Gasteiger partial charge in [0.25, 0.3) is 0 Å². The van der Waals surface area contributed by atoms with Crippen LogP contribution < -0.4 is 36.0 Å². The van der Waals surface area contributed by atoms with Crippen LogP contribution in [0.15, 0.2) is 325 Å². The van der Waals surface area contributed by atoms with Crippen molar-refractivity contribution in [3.63, 3.8) is 0 Å². The SMILES string of the molecule is CC1(C)OB(c2cccc(-c3ccccn3)c2)OC1(C)C.O=P12c3ccccc3-c3cc(-c4cccc(-c5ccccn5)c4)ccc3N1c1ccc(-c3cccc(-c4ccccn4)c3)cc1-c1ccccc12.O=P12c3ccccc3-c3cc(Br)ccc3N1c1ccc(Br)cc1-c1ccccc12. The van der Waals surface area contributed by atoms with Crippen molar-refractivity contribution in [3.8, 4) is 101 Å². The Morgan fingerprint density at radius 1 is 0.307 bits per heavy atom. The third-order valence-electron chi connectivity index (χ3n) is 20.2. The third kappa shape index (κ3) is 11.0. The first-order valence-electron chi connectivity index (χ1n) is 33.6. The highest BCUT2D eigenvalue weighted by atomic mass is 79.9. The molecule has 0 atom stereocenters. The predicted octanol–water partition coefficient (Wildman–Crippen LogP) is 21.5. The van der Waals surface area contributed by atoms with Gasteiger partial charge in [0.05, 0.1) is 51.0 Å². The first-order valence-corrected chi connectivity index (χ1v) is 38.5. The van der Waals surface area contributed by atoms with E-state index in [1.165, 1.54) is 0 Å². The second kappa shape index (κ2) is 25.5. The zero-order valence-electron chi connectivity index (χ0n) is 55.6. The number of rotatable bonds is 6. The van der Waals surface area contributed by atoms with Gasteiger partial charge in [0.1, 0.15) is 0 Å². The monoisotopic (exact) mass is 1470 g/mol. The van der Waals surface area contributed by atoms with E-state index in [0.29, 0.717) is 0 Å². The maximum absolute atomic E-state index is 16.0. The van der Waals surface area contributed by atoms with Gasteiger partial charge in [0.2, 0.25) is 14.6 Å². The van der Waals surface area contributed by atoms with Gasteiger partial charge in [-0.2, -0.15) is 0 Å². The van der Waals surface area contributed by atoms with E-state index in [0.717, 1.165) is 159 Å². The molecule has 0 radical (unpaired) electrons. The molecule has 0 aliphatic carbocycles. The summed E-state index contributed by atoms with van der Waals surface area (Å²) in [5.74, 6) is 0. The lowest BCUT2D eigenvalue weighted by molar-refractivity contribution is 0.00578. The normalized spacial score (nSPS) is 15.1. The molecule has 0 N–H and O–H groups in total. The first kappa shape index (κ1) is 64.3. The van der Waals surface area contributed by atoms with E-state index in [2.05, 4.69) is 242 Å². The minimum absolute atomic E-state index is 0.321. The summed E-state index contributed by atoms with van der Waals surface area (Å²) in [5.41, 5.74) is 23.1. The molecule has 488 valence electrons. The van der Waals surface area contributed by atoms with E-state index in [1.54, 1.807) is 6.20 Å². The van der Waals surface area contributed by atoms with E-state index in [9.17, 15) is 0 Å². The Morgan fingerprint density at radius 2 is 0.614 bits per heavy atom. The van der Waals surface area contributed by atoms with Crippen LogP contribution >= 0.6 is 46.4 Å². The Balaban J connectivity index is 0.000000127. The van der Waals surface area contributed by atoms with Gasteiger partial charge in [-0.1, -0.05) is 196 Å². The van der Waals surface area contributed by atoms with Crippen LogP contribution in [0, 0.1) is 0 Å². The highest BCUT2D eigenvalue weighted by Crippen LogP contribution is 2.68. The molecule has 1 fully saturated rings.